The van der Waals surface area contributed by atoms with Crippen molar-refractivity contribution in [2.24, 2.45) is 0 Å². The Kier molecular flexibility index (Phi) is 12.2. The molecular weight excluding hydrogens is 184 g/mol. The van der Waals surface area contributed by atoms with Gasteiger partial charge in [-0.05, 0) is 25.5 Å². The molecule has 1 rings (SSSR count). The Labute approximate surface area is 95.2 Å². The first-order valence-electron chi connectivity index (χ1n) is 5.79. The van der Waals surface area contributed by atoms with E-state index in [1.54, 1.807) is 6.07 Å². The Balaban J connectivity index is 0. The Morgan fingerprint density at radius 3 is 1.60 bits per heavy atom. The van der Waals surface area contributed by atoms with Crippen molar-refractivity contribution >= 4 is 0 Å². The van der Waals surface area contributed by atoms with Crippen LogP contribution in [0.5, 0.6) is 5.75 Å². The number of phenols is 1. The van der Waals surface area contributed by atoms with E-state index in [-0.39, 0.29) is 0 Å². The summed E-state index contributed by atoms with van der Waals surface area (Å²) in [6.45, 7) is 12.4. The third-order valence-electron chi connectivity index (χ3n) is 1.35. The van der Waals surface area contributed by atoms with E-state index in [0.717, 1.165) is 5.56 Å². The van der Waals surface area contributed by atoms with Crippen LogP contribution in [0.15, 0.2) is 18.2 Å². The standard InChI is InChI=1S/C8H10O.2C3H8/c1-6-3-4-8(9)7(2)5-6;2*1-3-2/h3-5,9H,1-2H3;2*3H2,1-2H3. The molecule has 0 aliphatic heterocycles. The average Bonchev–Trinajstić information content (AvgIpc) is 2.14. The predicted octanol–water partition coefficient (Wildman–Crippen LogP) is 4.84. The zero-order valence-corrected chi connectivity index (χ0v) is 11.1. The molecule has 0 spiro atoms. The number of hydrogen-bond acceptors (Lipinski definition) is 1. The van der Waals surface area contributed by atoms with Crippen molar-refractivity contribution in [2.75, 3.05) is 0 Å². The quantitative estimate of drug-likeness (QED) is 0.649. The lowest BCUT2D eigenvalue weighted by molar-refractivity contribution is 0.471. The SMILES string of the molecule is CCC.CCC.Cc1ccc(O)c(C)c1. The summed E-state index contributed by atoms with van der Waals surface area (Å²) in [4.78, 5) is 0. The first kappa shape index (κ1) is 16.4. The number of aryl methyl sites for hydroxylation is 2. The fraction of sp³-hybridized carbons (Fsp3) is 0.571. The molecule has 1 aromatic rings. The first-order chi connectivity index (χ1) is 7.03. The molecule has 88 valence electrons. The summed E-state index contributed by atoms with van der Waals surface area (Å²) in [5, 5.41) is 9.04. The molecule has 1 N–H and O–H groups in total. The second-order valence-corrected chi connectivity index (χ2v) is 3.70. The van der Waals surface area contributed by atoms with Gasteiger partial charge in [-0.3, -0.25) is 0 Å². The zero-order valence-electron chi connectivity index (χ0n) is 11.1. The molecule has 0 amide bonds. The highest BCUT2D eigenvalue weighted by molar-refractivity contribution is 5.34. The molecule has 1 heteroatoms. The van der Waals surface area contributed by atoms with Crippen molar-refractivity contribution in [3.63, 3.8) is 0 Å². The van der Waals surface area contributed by atoms with E-state index < -0.39 is 0 Å². The van der Waals surface area contributed by atoms with Crippen LogP contribution in [0.2, 0.25) is 0 Å². The van der Waals surface area contributed by atoms with E-state index >= 15 is 0 Å². The predicted molar refractivity (Wildman–Crippen MR) is 69.5 cm³/mol. The summed E-state index contributed by atoms with van der Waals surface area (Å²) < 4.78 is 0. The van der Waals surface area contributed by atoms with Gasteiger partial charge in [0.2, 0.25) is 0 Å². The minimum atomic E-state index is 0.376. The molecule has 0 saturated heterocycles. The molecule has 0 aliphatic rings. The van der Waals surface area contributed by atoms with Crippen molar-refractivity contribution in [3.05, 3.63) is 29.3 Å². The van der Waals surface area contributed by atoms with Gasteiger partial charge in [0.15, 0.2) is 0 Å². The first-order valence-corrected chi connectivity index (χ1v) is 5.79. The number of hydrogen-bond donors (Lipinski definition) is 1. The van der Waals surface area contributed by atoms with Crippen molar-refractivity contribution < 1.29 is 5.11 Å². The van der Waals surface area contributed by atoms with Crippen LogP contribution in [0.3, 0.4) is 0 Å². The van der Waals surface area contributed by atoms with Gasteiger partial charge in [-0.1, -0.05) is 58.2 Å². The average molecular weight is 210 g/mol. The maximum absolute atomic E-state index is 9.04. The molecule has 0 fully saturated rings. The number of rotatable bonds is 0. The molecule has 0 aromatic heterocycles. The van der Waals surface area contributed by atoms with Gasteiger partial charge in [-0.15, -0.1) is 0 Å². The second-order valence-electron chi connectivity index (χ2n) is 3.70. The van der Waals surface area contributed by atoms with Gasteiger partial charge in [0, 0.05) is 0 Å². The number of aromatic hydroxyl groups is 1. The van der Waals surface area contributed by atoms with E-state index in [4.69, 9.17) is 5.11 Å². The second kappa shape index (κ2) is 11.1. The molecule has 0 atom stereocenters. The molecule has 0 aliphatic carbocycles. The van der Waals surface area contributed by atoms with Crippen LogP contribution in [0, 0.1) is 13.8 Å². The summed E-state index contributed by atoms with van der Waals surface area (Å²) in [7, 11) is 0. The smallest absolute Gasteiger partial charge is 0.118 e. The fourth-order valence-electron chi connectivity index (χ4n) is 0.805. The minimum Gasteiger partial charge on any atom is -0.508 e. The van der Waals surface area contributed by atoms with E-state index in [0.29, 0.717) is 5.75 Å². The fourth-order valence-corrected chi connectivity index (χ4v) is 0.805. The summed E-state index contributed by atoms with van der Waals surface area (Å²) in [5.74, 6) is 0.376. The molecule has 1 aromatic carbocycles. The van der Waals surface area contributed by atoms with Gasteiger partial charge >= 0.3 is 0 Å². The van der Waals surface area contributed by atoms with Crippen LogP contribution < -0.4 is 0 Å². The highest BCUT2D eigenvalue weighted by atomic mass is 16.3. The third-order valence-corrected chi connectivity index (χ3v) is 1.35. The highest BCUT2D eigenvalue weighted by Gasteiger charge is 1.91. The number of benzene rings is 1. The van der Waals surface area contributed by atoms with Gasteiger partial charge in [0.1, 0.15) is 5.75 Å². The summed E-state index contributed by atoms with van der Waals surface area (Å²) in [6, 6.07) is 5.56. The van der Waals surface area contributed by atoms with E-state index in [2.05, 4.69) is 27.7 Å². The Morgan fingerprint density at radius 2 is 1.33 bits per heavy atom. The van der Waals surface area contributed by atoms with Crippen molar-refractivity contribution in [1.29, 1.82) is 0 Å². The molecule has 1 nitrogen and oxygen atoms in total. The van der Waals surface area contributed by atoms with Crippen molar-refractivity contribution in [2.45, 2.75) is 54.4 Å². The van der Waals surface area contributed by atoms with Crippen LogP contribution in [0.4, 0.5) is 0 Å². The summed E-state index contributed by atoms with van der Waals surface area (Å²) in [6.07, 6.45) is 2.50. The molecule has 15 heavy (non-hydrogen) atoms. The molecule has 0 unspecified atom stereocenters. The highest BCUT2D eigenvalue weighted by Crippen LogP contribution is 2.15. The van der Waals surface area contributed by atoms with Gasteiger partial charge in [-0.2, -0.15) is 0 Å². The van der Waals surface area contributed by atoms with Crippen molar-refractivity contribution in [1.82, 2.24) is 0 Å². The third kappa shape index (κ3) is 10.9. The van der Waals surface area contributed by atoms with Crippen LogP contribution in [0.1, 0.15) is 51.7 Å². The van der Waals surface area contributed by atoms with Crippen LogP contribution >= 0.6 is 0 Å². The van der Waals surface area contributed by atoms with E-state index in [1.165, 1.54) is 18.4 Å². The summed E-state index contributed by atoms with van der Waals surface area (Å²) >= 11 is 0. The molecule has 0 radical (unpaired) electrons. The van der Waals surface area contributed by atoms with Crippen LogP contribution in [-0.2, 0) is 0 Å². The normalized spacial score (nSPS) is 8.13. The zero-order chi connectivity index (χ0) is 12.3. The van der Waals surface area contributed by atoms with Crippen LogP contribution in [-0.4, -0.2) is 5.11 Å². The molecule has 0 saturated carbocycles. The minimum absolute atomic E-state index is 0.376. The Morgan fingerprint density at radius 1 is 0.933 bits per heavy atom. The Hall–Kier alpha value is -0.980. The largest absolute Gasteiger partial charge is 0.508 e. The monoisotopic (exact) mass is 210 g/mol. The summed E-state index contributed by atoms with van der Waals surface area (Å²) in [5.41, 5.74) is 2.13. The topological polar surface area (TPSA) is 20.2 Å². The van der Waals surface area contributed by atoms with Crippen molar-refractivity contribution in [3.8, 4) is 5.75 Å². The molecular formula is C14H26O. The lowest BCUT2D eigenvalue weighted by Crippen LogP contribution is -1.75. The van der Waals surface area contributed by atoms with E-state index in [9.17, 15) is 0 Å². The van der Waals surface area contributed by atoms with Gasteiger partial charge in [-0.25, -0.2) is 0 Å². The maximum atomic E-state index is 9.04. The maximum Gasteiger partial charge on any atom is 0.118 e. The van der Waals surface area contributed by atoms with Gasteiger partial charge in [0.25, 0.3) is 0 Å². The Bertz CT molecular complexity index is 239. The number of phenolic OH excluding ortho intramolecular Hbond substituents is 1. The molecule has 0 bridgehead atoms. The van der Waals surface area contributed by atoms with Crippen LogP contribution in [0.25, 0.3) is 0 Å². The molecule has 0 heterocycles. The van der Waals surface area contributed by atoms with E-state index in [1.807, 2.05) is 26.0 Å². The van der Waals surface area contributed by atoms with Gasteiger partial charge < -0.3 is 5.11 Å². The lowest BCUT2D eigenvalue weighted by atomic mass is 10.1. The lowest BCUT2D eigenvalue weighted by Gasteiger charge is -1.97. The van der Waals surface area contributed by atoms with Gasteiger partial charge in [0.05, 0.1) is 0 Å².